The van der Waals surface area contributed by atoms with Crippen molar-refractivity contribution in [2.45, 2.75) is 25.2 Å². The lowest BCUT2D eigenvalue weighted by molar-refractivity contribution is -0.147. The van der Waals surface area contributed by atoms with Gasteiger partial charge in [0, 0.05) is 24.5 Å². The second-order valence-electron chi connectivity index (χ2n) is 8.00. The molecule has 1 N–H and O–H groups in total. The van der Waals surface area contributed by atoms with Crippen molar-refractivity contribution in [1.29, 1.82) is 0 Å². The number of hydrogen-bond donors (Lipinski definition) is 1. The molecule has 3 aromatic rings. The Morgan fingerprint density at radius 3 is 1.91 bits per heavy atom. The molecule has 32 heavy (non-hydrogen) atoms. The van der Waals surface area contributed by atoms with E-state index < -0.39 is 11.9 Å². The first-order valence-electron chi connectivity index (χ1n) is 11.1. The number of rotatable bonds is 7. The molecule has 3 aromatic carbocycles. The van der Waals surface area contributed by atoms with Gasteiger partial charge in [-0.3, -0.25) is 9.59 Å². The Kier molecular flexibility index (Phi) is 7.18. The lowest BCUT2D eigenvalue weighted by Crippen LogP contribution is -2.29. The number of carbonyl (C=O) groups is 2. The SMILES string of the molecule is O=C(COC(=O)C(c1ccccc1)c1ccccc1)Nc1ccc(N2CCCCC2)cc1. The van der Waals surface area contributed by atoms with Crippen LogP contribution in [-0.2, 0) is 14.3 Å². The topological polar surface area (TPSA) is 58.6 Å². The molecule has 0 unspecified atom stereocenters. The Bertz CT molecular complexity index is 974. The van der Waals surface area contributed by atoms with Crippen LogP contribution in [0.25, 0.3) is 0 Å². The summed E-state index contributed by atoms with van der Waals surface area (Å²) in [5.41, 5.74) is 3.52. The fourth-order valence-corrected chi connectivity index (χ4v) is 4.08. The van der Waals surface area contributed by atoms with Gasteiger partial charge < -0.3 is 15.0 Å². The molecule has 1 heterocycles. The van der Waals surface area contributed by atoms with Crippen LogP contribution in [-0.4, -0.2) is 31.6 Å². The van der Waals surface area contributed by atoms with Crippen LogP contribution in [0.3, 0.4) is 0 Å². The monoisotopic (exact) mass is 428 g/mol. The second-order valence-corrected chi connectivity index (χ2v) is 8.00. The molecule has 164 valence electrons. The highest BCUT2D eigenvalue weighted by Crippen LogP contribution is 2.26. The van der Waals surface area contributed by atoms with Gasteiger partial charge in [0.25, 0.3) is 5.91 Å². The number of piperidine rings is 1. The highest BCUT2D eigenvalue weighted by molar-refractivity contribution is 5.93. The Morgan fingerprint density at radius 2 is 1.34 bits per heavy atom. The summed E-state index contributed by atoms with van der Waals surface area (Å²) in [6, 6.07) is 26.7. The molecule has 5 heteroatoms. The standard InChI is InChI=1S/C27H28N2O3/c30-25(28-23-14-16-24(17-15-23)29-18-8-3-9-19-29)20-32-27(31)26(21-10-4-1-5-11-21)22-12-6-2-7-13-22/h1-2,4-7,10-17,26H,3,8-9,18-20H2,(H,28,30). The van der Waals surface area contributed by atoms with Crippen molar-refractivity contribution >= 4 is 23.3 Å². The first kappa shape index (κ1) is 21.6. The number of amides is 1. The predicted octanol–water partition coefficient (Wildman–Crippen LogP) is 4.99. The molecule has 1 saturated heterocycles. The Hall–Kier alpha value is -3.60. The number of ether oxygens (including phenoxy) is 1. The van der Waals surface area contributed by atoms with Crippen LogP contribution in [0, 0.1) is 0 Å². The minimum atomic E-state index is -0.575. The number of anilines is 2. The van der Waals surface area contributed by atoms with Gasteiger partial charge in [-0.15, -0.1) is 0 Å². The number of carbonyl (C=O) groups excluding carboxylic acids is 2. The molecular formula is C27H28N2O3. The van der Waals surface area contributed by atoms with E-state index in [1.165, 1.54) is 24.9 Å². The highest BCUT2D eigenvalue weighted by Gasteiger charge is 2.24. The fourth-order valence-electron chi connectivity index (χ4n) is 4.08. The van der Waals surface area contributed by atoms with Crippen LogP contribution < -0.4 is 10.2 Å². The molecule has 0 saturated carbocycles. The van der Waals surface area contributed by atoms with Crippen molar-refractivity contribution in [1.82, 2.24) is 0 Å². The zero-order valence-corrected chi connectivity index (χ0v) is 18.1. The maximum Gasteiger partial charge on any atom is 0.318 e. The minimum Gasteiger partial charge on any atom is -0.455 e. The van der Waals surface area contributed by atoms with Crippen molar-refractivity contribution in [3.8, 4) is 0 Å². The molecule has 0 atom stereocenters. The van der Waals surface area contributed by atoms with Crippen LogP contribution in [0.2, 0.25) is 0 Å². The predicted molar refractivity (Wildman–Crippen MR) is 127 cm³/mol. The van der Waals surface area contributed by atoms with Gasteiger partial charge in [-0.05, 0) is 54.7 Å². The Labute approximate surface area is 189 Å². The largest absolute Gasteiger partial charge is 0.455 e. The average molecular weight is 429 g/mol. The third kappa shape index (κ3) is 5.55. The zero-order valence-electron chi connectivity index (χ0n) is 18.1. The molecule has 0 radical (unpaired) electrons. The van der Waals surface area contributed by atoms with Gasteiger partial charge in [-0.1, -0.05) is 60.7 Å². The van der Waals surface area contributed by atoms with E-state index in [9.17, 15) is 9.59 Å². The first-order valence-corrected chi connectivity index (χ1v) is 11.1. The van der Waals surface area contributed by atoms with Crippen molar-refractivity contribution in [3.05, 3.63) is 96.1 Å². The molecule has 1 aliphatic heterocycles. The zero-order chi connectivity index (χ0) is 22.2. The molecule has 4 rings (SSSR count). The van der Waals surface area contributed by atoms with Gasteiger partial charge >= 0.3 is 5.97 Å². The van der Waals surface area contributed by atoms with Gasteiger partial charge in [0.15, 0.2) is 6.61 Å². The van der Waals surface area contributed by atoms with Crippen LogP contribution in [0.5, 0.6) is 0 Å². The summed E-state index contributed by atoms with van der Waals surface area (Å²) >= 11 is 0. The molecule has 5 nitrogen and oxygen atoms in total. The summed E-state index contributed by atoms with van der Waals surface area (Å²) in [4.78, 5) is 27.7. The van der Waals surface area contributed by atoms with Gasteiger partial charge in [0.05, 0.1) is 0 Å². The Morgan fingerprint density at radius 1 is 0.781 bits per heavy atom. The quantitative estimate of drug-likeness (QED) is 0.539. The summed E-state index contributed by atoms with van der Waals surface area (Å²) in [6.45, 7) is 1.82. The maximum absolute atomic E-state index is 12.9. The fraction of sp³-hybridized carbons (Fsp3) is 0.259. The molecule has 0 bridgehead atoms. The van der Waals surface area contributed by atoms with Crippen molar-refractivity contribution in [3.63, 3.8) is 0 Å². The number of hydrogen-bond acceptors (Lipinski definition) is 4. The van der Waals surface area contributed by atoms with Crippen LogP contribution in [0.15, 0.2) is 84.9 Å². The molecular weight excluding hydrogens is 400 g/mol. The maximum atomic E-state index is 12.9. The smallest absolute Gasteiger partial charge is 0.318 e. The van der Waals surface area contributed by atoms with Gasteiger partial charge in [0.2, 0.25) is 0 Å². The molecule has 1 fully saturated rings. The van der Waals surface area contributed by atoms with E-state index in [1.54, 1.807) is 0 Å². The molecule has 1 aliphatic rings. The number of esters is 1. The highest BCUT2D eigenvalue weighted by atomic mass is 16.5. The van der Waals surface area contributed by atoms with E-state index >= 15 is 0 Å². The third-order valence-electron chi connectivity index (χ3n) is 5.72. The molecule has 1 amide bonds. The number of benzene rings is 3. The van der Waals surface area contributed by atoms with E-state index in [1.807, 2.05) is 84.9 Å². The van der Waals surface area contributed by atoms with E-state index in [0.717, 1.165) is 24.2 Å². The molecule has 0 aliphatic carbocycles. The van der Waals surface area contributed by atoms with Crippen molar-refractivity contribution in [2.75, 3.05) is 29.9 Å². The summed E-state index contributed by atoms with van der Waals surface area (Å²) < 4.78 is 5.41. The van der Waals surface area contributed by atoms with E-state index in [2.05, 4.69) is 10.2 Å². The summed E-state index contributed by atoms with van der Waals surface area (Å²) in [5, 5.41) is 2.81. The van der Waals surface area contributed by atoms with Crippen LogP contribution >= 0.6 is 0 Å². The summed E-state index contributed by atoms with van der Waals surface area (Å²) in [7, 11) is 0. The van der Waals surface area contributed by atoms with E-state index in [4.69, 9.17) is 4.74 Å². The lowest BCUT2D eigenvalue weighted by atomic mass is 9.91. The second kappa shape index (κ2) is 10.6. The van der Waals surface area contributed by atoms with Gasteiger partial charge in [0.1, 0.15) is 5.92 Å². The van der Waals surface area contributed by atoms with Gasteiger partial charge in [-0.2, -0.15) is 0 Å². The lowest BCUT2D eigenvalue weighted by Gasteiger charge is -2.28. The average Bonchev–Trinajstić information content (AvgIpc) is 2.85. The van der Waals surface area contributed by atoms with Crippen molar-refractivity contribution < 1.29 is 14.3 Å². The molecule has 0 spiro atoms. The van der Waals surface area contributed by atoms with Crippen LogP contribution in [0.1, 0.15) is 36.3 Å². The van der Waals surface area contributed by atoms with Crippen LogP contribution in [0.4, 0.5) is 11.4 Å². The third-order valence-corrected chi connectivity index (χ3v) is 5.72. The Balaban J connectivity index is 1.35. The first-order chi connectivity index (χ1) is 15.7. The normalized spacial score (nSPS) is 13.6. The number of nitrogens with one attached hydrogen (secondary N) is 1. The molecule has 0 aromatic heterocycles. The minimum absolute atomic E-state index is 0.330. The van der Waals surface area contributed by atoms with E-state index in [0.29, 0.717) is 5.69 Å². The van der Waals surface area contributed by atoms with E-state index in [-0.39, 0.29) is 12.5 Å². The summed E-state index contributed by atoms with van der Waals surface area (Å²) in [5.74, 6) is -1.38. The summed E-state index contributed by atoms with van der Waals surface area (Å²) in [6.07, 6.45) is 3.73. The van der Waals surface area contributed by atoms with Crippen molar-refractivity contribution in [2.24, 2.45) is 0 Å². The number of nitrogens with zero attached hydrogens (tertiary/aromatic N) is 1. The van der Waals surface area contributed by atoms with Gasteiger partial charge in [-0.25, -0.2) is 0 Å².